The molecular formula is C21H24N2O4S. The van der Waals surface area contributed by atoms with Crippen LogP contribution in [0, 0.1) is 0 Å². The Bertz CT molecular complexity index is 984. The van der Waals surface area contributed by atoms with Crippen LogP contribution in [0.4, 0.5) is 5.69 Å². The standard InChI is InChI=1S/C21H24N2O4S/c1-15(24)23-28(26,27)19-12-10-18(11-13-19)22-20(25)14-7-16-5-8-17(9-6-16)21(2,3)4/h5-14H,1-4H3,(H,22,25)(H,23,24)/b14-7+. The smallest absolute Gasteiger partial charge is 0.264 e. The molecule has 0 aromatic heterocycles. The molecule has 2 aromatic carbocycles. The molecule has 0 aliphatic rings. The summed E-state index contributed by atoms with van der Waals surface area (Å²) in [5, 5.41) is 2.66. The van der Waals surface area contributed by atoms with Crippen molar-refractivity contribution >= 4 is 33.6 Å². The van der Waals surface area contributed by atoms with Gasteiger partial charge >= 0.3 is 0 Å². The largest absolute Gasteiger partial charge is 0.323 e. The fourth-order valence-corrected chi connectivity index (χ4v) is 3.41. The third kappa shape index (κ3) is 6.06. The molecule has 0 bridgehead atoms. The van der Waals surface area contributed by atoms with E-state index in [2.05, 4.69) is 26.1 Å². The predicted molar refractivity (Wildman–Crippen MR) is 110 cm³/mol. The Hall–Kier alpha value is -2.93. The van der Waals surface area contributed by atoms with Gasteiger partial charge in [-0.2, -0.15) is 0 Å². The SMILES string of the molecule is CC(=O)NS(=O)(=O)c1ccc(NC(=O)/C=C/c2ccc(C(C)(C)C)cc2)cc1. The lowest BCUT2D eigenvalue weighted by Gasteiger charge is -2.18. The Morgan fingerprint density at radius 3 is 2.00 bits per heavy atom. The summed E-state index contributed by atoms with van der Waals surface area (Å²) in [6, 6.07) is 13.5. The molecule has 0 spiro atoms. The second-order valence-corrected chi connectivity index (χ2v) is 9.06. The van der Waals surface area contributed by atoms with Crippen LogP contribution >= 0.6 is 0 Å². The second kappa shape index (κ2) is 8.39. The van der Waals surface area contributed by atoms with E-state index in [9.17, 15) is 18.0 Å². The zero-order valence-electron chi connectivity index (χ0n) is 16.3. The van der Waals surface area contributed by atoms with Crippen molar-refractivity contribution in [1.82, 2.24) is 4.72 Å². The average molecular weight is 401 g/mol. The summed E-state index contributed by atoms with van der Waals surface area (Å²) >= 11 is 0. The molecule has 2 rings (SSSR count). The van der Waals surface area contributed by atoms with Crippen molar-refractivity contribution in [3.8, 4) is 0 Å². The molecular weight excluding hydrogens is 376 g/mol. The number of benzene rings is 2. The second-order valence-electron chi connectivity index (χ2n) is 7.38. The zero-order chi connectivity index (χ0) is 20.9. The van der Waals surface area contributed by atoms with E-state index in [4.69, 9.17) is 0 Å². The molecule has 2 N–H and O–H groups in total. The van der Waals surface area contributed by atoms with Gasteiger partial charge in [-0.3, -0.25) is 9.59 Å². The van der Waals surface area contributed by atoms with Crippen molar-refractivity contribution < 1.29 is 18.0 Å². The summed E-state index contributed by atoms with van der Waals surface area (Å²) in [6.45, 7) is 7.53. The molecule has 28 heavy (non-hydrogen) atoms. The van der Waals surface area contributed by atoms with Gasteiger partial charge in [-0.1, -0.05) is 45.0 Å². The van der Waals surface area contributed by atoms with Crippen LogP contribution in [0.5, 0.6) is 0 Å². The van der Waals surface area contributed by atoms with Crippen LogP contribution in [0.15, 0.2) is 59.5 Å². The Balaban J connectivity index is 2.01. The third-order valence-electron chi connectivity index (χ3n) is 3.91. The van der Waals surface area contributed by atoms with Gasteiger partial charge < -0.3 is 5.32 Å². The van der Waals surface area contributed by atoms with Gasteiger partial charge in [0.2, 0.25) is 11.8 Å². The number of carbonyl (C=O) groups is 2. The van der Waals surface area contributed by atoms with Crippen molar-refractivity contribution in [2.45, 2.75) is 38.0 Å². The lowest BCUT2D eigenvalue weighted by molar-refractivity contribution is -0.117. The maximum Gasteiger partial charge on any atom is 0.264 e. The van der Waals surface area contributed by atoms with Crippen molar-refractivity contribution in [3.05, 3.63) is 65.7 Å². The fourth-order valence-electron chi connectivity index (χ4n) is 2.42. The van der Waals surface area contributed by atoms with Gasteiger partial charge in [0.05, 0.1) is 4.90 Å². The number of carbonyl (C=O) groups excluding carboxylic acids is 2. The minimum Gasteiger partial charge on any atom is -0.323 e. The van der Waals surface area contributed by atoms with Gasteiger partial charge in [0.1, 0.15) is 0 Å². The average Bonchev–Trinajstić information content (AvgIpc) is 2.59. The quantitative estimate of drug-likeness (QED) is 0.752. The summed E-state index contributed by atoms with van der Waals surface area (Å²) < 4.78 is 25.7. The van der Waals surface area contributed by atoms with E-state index in [1.807, 2.05) is 29.0 Å². The minimum absolute atomic E-state index is 0.0600. The van der Waals surface area contributed by atoms with Crippen LogP contribution in [-0.4, -0.2) is 20.2 Å². The van der Waals surface area contributed by atoms with Crippen LogP contribution in [0.1, 0.15) is 38.8 Å². The maximum atomic E-state index is 12.1. The zero-order valence-corrected chi connectivity index (χ0v) is 17.1. The van der Waals surface area contributed by atoms with Crippen LogP contribution in [0.25, 0.3) is 6.08 Å². The highest BCUT2D eigenvalue weighted by molar-refractivity contribution is 7.90. The van der Waals surface area contributed by atoms with Crippen molar-refractivity contribution in [2.75, 3.05) is 5.32 Å². The van der Waals surface area contributed by atoms with E-state index >= 15 is 0 Å². The van der Waals surface area contributed by atoms with Gasteiger partial charge in [0.15, 0.2) is 0 Å². The summed E-state index contributed by atoms with van der Waals surface area (Å²) in [6.07, 6.45) is 3.12. The molecule has 0 saturated heterocycles. The Morgan fingerprint density at radius 1 is 0.929 bits per heavy atom. The predicted octanol–water partition coefficient (Wildman–Crippen LogP) is 3.46. The summed E-state index contributed by atoms with van der Waals surface area (Å²) in [7, 11) is -3.89. The normalized spacial score (nSPS) is 12.0. The first-order valence-electron chi connectivity index (χ1n) is 8.70. The van der Waals surface area contributed by atoms with Crippen molar-refractivity contribution in [1.29, 1.82) is 0 Å². The van der Waals surface area contributed by atoms with Gasteiger partial charge in [-0.15, -0.1) is 0 Å². The number of anilines is 1. The molecule has 2 aromatic rings. The summed E-state index contributed by atoms with van der Waals surface area (Å²) in [4.78, 5) is 23.0. The van der Waals surface area contributed by atoms with E-state index in [0.29, 0.717) is 5.69 Å². The van der Waals surface area contributed by atoms with Crippen LogP contribution in [0.3, 0.4) is 0 Å². The highest BCUT2D eigenvalue weighted by atomic mass is 32.2. The topological polar surface area (TPSA) is 92.3 Å². The van der Waals surface area contributed by atoms with Crippen molar-refractivity contribution in [2.24, 2.45) is 0 Å². The lowest BCUT2D eigenvalue weighted by Crippen LogP contribution is -2.28. The fraction of sp³-hybridized carbons (Fsp3) is 0.238. The first-order valence-corrected chi connectivity index (χ1v) is 10.2. The third-order valence-corrected chi connectivity index (χ3v) is 5.36. The van der Waals surface area contributed by atoms with Crippen LogP contribution in [-0.2, 0) is 25.0 Å². The Kier molecular flexibility index (Phi) is 6.41. The monoisotopic (exact) mass is 400 g/mol. The number of rotatable bonds is 5. The molecule has 7 heteroatoms. The Morgan fingerprint density at radius 2 is 1.50 bits per heavy atom. The van der Waals surface area contributed by atoms with Crippen LogP contribution in [0.2, 0.25) is 0 Å². The van der Waals surface area contributed by atoms with Gasteiger partial charge in [0.25, 0.3) is 10.0 Å². The Labute approximate surface area is 165 Å². The van der Waals surface area contributed by atoms with Crippen molar-refractivity contribution in [3.63, 3.8) is 0 Å². The molecule has 2 amide bonds. The molecule has 0 atom stereocenters. The molecule has 0 heterocycles. The highest BCUT2D eigenvalue weighted by Crippen LogP contribution is 2.22. The van der Waals surface area contributed by atoms with Gasteiger partial charge in [-0.05, 0) is 46.9 Å². The molecule has 0 radical (unpaired) electrons. The van der Waals surface area contributed by atoms with Crippen LogP contribution < -0.4 is 10.0 Å². The molecule has 0 aliphatic carbocycles. The molecule has 148 valence electrons. The van der Waals surface area contributed by atoms with Gasteiger partial charge in [-0.25, -0.2) is 13.1 Å². The molecule has 0 saturated carbocycles. The van der Waals surface area contributed by atoms with E-state index in [1.165, 1.54) is 35.9 Å². The first kappa shape index (κ1) is 21.4. The number of hydrogen-bond donors (Lipinski definition) is 2. The highest BCUT2D eigenvalue weighted by Gasteiger charge is 2.15. The van der Waals surface area contributed by atoms with E-state index in [0.717, 1.165) is 12.5 Å². The summed E-state index contributed by atoms with van der Waals surface area (Å²) in [5.41, 5.74) is 2.63. The maximum absolute atomic E-state index is 12.1. The molecule has 6 nitrogen and oxygen atoms in total. The minimum atomic E-state index is -3.89. The molecule has 0 fully saturated rings. The first-order chi connectivity index (χ1) is 13.0. The summed E-state index contributed by atoms with van der Waals surface area (Å²) in [5.74, 6) is -1.00. The van der Waals surface area contributed by atoms with Gasteiger partial charge in [0, 0.05) is 18.7 Å². The van der Waals surface area contributed by atoms with E-state index in [-0.39, 0.29) is 16.2 Å². The van der Waals surface area contributed by atoms with E-state index < -0.39 is 15.9 Å². The molecule has 0 unspecified atom stereocenters. The lowest BCUT2D eigenvalue weighted by atomic mass is 9.87. The molecule has 0 aliphatic heterocycles. The van der Waals surface area contributed by atoms with E-state index in [1.54, 1.807) is 6.08 Å². The number of sulfonamides is 1. The number of hydrogen-bond acceptors (Lipinski definition) is 4. The number of amides is 2. The number of nitrogens with one attached hydrogen (secondary N) is 2.